The van der Waals surface area contributed by atoms with E-state index in [0.717, 1.165) is 44.6 Å². The van der Waals surface area contributed by atoms with Crippen LogP contribution in [-0.4, -0.2) is 27.6 Å². The summed E-state index contributed by atoms with van der Waals surface area (Å²) in [6.07, 6.45) is 6.04. The van der Waals surface area contributed by atoms with Gasteiger partial charge in [0.2, 0.25) is 0 Å². The minimum atomic E-state index is -0.00137. The van der Waals surface area contributed by atoms with Crippen LogP contribution in [0.5, 0.6) is 0 Å². The molecule has 3 heterocycles. The molecule has 5 nitrogen and oxygen atoms in total. The molecule has 0 amide bonds. The van der Waals surface area contributed by atoms with Crippen LogP contribution in [-0.2, 0) is 0 Å². The predicted octanol–water partition coefficient (Wildman–Crippen LogP) is 3.51. The highest BCUT2D eigenvalue weighted by atomic mass is 16.1. The van der Waals surface area contributed by atoms with Crippen molar-refractivity contribution in [3.63, 3.8) is 0 Å². The lowest BCUT2D eigenvalue weighted by Crippen LogP contribution is -2.33. The van der Waals surface area contributed by atoms with Crippen LogP contribution in [0.1, 0.15) is 43.2 Å². The first-order chi connectivity index (χ1) is 12.8. The molecule has 2 fully saturated rings. The Balaban J connectivity index is 1.39. The van der Waals surface area contributed by atoms with Crippen LogP contribution in [0.3, 0.4) is 0 Å². The Kier molecular flexibility index (Phi) is 3.73. The summed E-state index contributed by atoms with van der Waals surface area (Å²) in [6, 6.07) is 15.0. The molecule has 1 aliphatic heterocycles. The van der Waals surface area contributed by atoms with E-state index in [1.165, 1.54) is 5.56 Å². The zero-order chi connectivity index (χ0) is 17.5. The molecule has 1 saturated heterocycles. The summed E-state index contributed by atoms with van der Waals surface area (Å²) in [4.78, 5) is 24.1. The molecule has 1 saturated carbocycles. The number of anilines is 1. The van der Waals surface area contributed by atoms with Crippen LogP contribution in [0, 0.1) is 0 Å². The third-order valence-electron chi connectivity index (χ3n) is 5.65. The van der Waals surface area contributed by atoms with Gasteiger partial charge in [0.25, 0.3) is 5.56 Å². The van der Waals surface area contributed by atoms with Gasteiger partial charge >= 0.3 is 0 Å². The highest BCUT2D eigenvalue weighted by Crippen LogP contribution is 2.33. The van der Waals surface area contributed by atoms with E-state index in [2.05, 4.69) is 40.2 Å². The van der Waals surface area contributed by atoms with E-state index < -0.39 is 0 Å². The third-order valence-corrected chi connectivity index (χ3v) is 5.65. The standard InChI is InChI=1S/C21H22N4O/c26-21-20-18(22-14-25(21)17-6-7-17)8-9-19(23-20)24-12-10-16(11-13-24)15-4-2-1-3-5-15/h1-5,8-9,14,16-17H,6-7,10-13H2. The molecule has 0 radical (unpaired) electrons. The Labute approximate surface area is 152 Å². The first kappa shape index (κ1) is 15.6. The van der Waals surface area contributed by atoms with Gasteiger partial charge in [0, 0.05) is 19.1 Å². The Morgan fingerprint density at radius 1 is 0.923 bits per heavy atom. The highest BCUT2D eigenvalue weighted by molar-refractivity contribution is 5.75. The number of rotatable bonds is 3. The zero-order valence-corrected chi connectivity index (χ0v) is 14.7. The number of pyridine rings is 1. The van der Waals surface area contributed by atoms with Crippen LogP contribution in [0.4, 0.5) is 5.82 Å². The average molecular weight is 346 g/mol. The summed E-state index contributed by atoms with van der Waals surface area (Å²) >= 11 is 0. The largest absolute Gasteiger partial charge is 0.357 e. The van der Waals surface area contributed by atoms with Crippen LogP contribution in [0.25, 0.3) is 11.0 Å². The van der Waals surface area contributed by atoms with E-state index in [4.69, 9.17) is 4.98 Å². The van der Waals surface area contributed by atoms with E-state index in [1.807, 2.05) is 12.1 Å². The number of nitrogens with zero attached hydrogens (tertiary/aromatic N) is 4. The maximum absolute atomic E-state index is 12.7. The van der Waals surface area contributed by atoms with Crippen molar-refractivity contribution in [3.8, 4) is 0 Å². The molecule has 0 unspecified atom stereocenters. The van der Waals surface area contributed by atoms with Gasteiger partial charge in [0.15, 0.2) is 5.52 Å². The summed E-state index contributed by atoms with van der Waals surface area (Å²) in [6.45, 7) is 1.93. The molecular formula is C21H22N4O. The summed E-state index contributed by atoms with van der Waals surface area (Å²) in [7, 11) is 0. The first-order valence-corrected chi connectivity index (χ1v) is 9.47. The quantitative estimate of drug-likeness (QED) is 0.728. The van der Waals surface area contributed by atoms with E-state index in [9.17, 15) is 4.79 Å². The fourth-order valence-corrected chi connectivity index (χ4v) is 3.96. The maximum atomic E-state index is 12.7. The third kappa shape index (κ3) is 2.77. The van der Waals surface area contributed by atoms with Crippen molar-refractivity contribution in [2.75, 3.05) is 18.0 Å². The fraction of sp³-hybridized carbons (Fsp3) is 0.381. The number of fused-ring (bicyclic) bond motifs is 1. The van der Waals surface area contributed by atoms with Crippen molar-refractivity contribution >= 4 is 16.9 Å². The smallest absolute Gasteiger partial charge is 0.280 e. The Hall–Kier alpha value is -2.69. The molecule has 0 spiro atoms. The van der Waals surface area contributed by atoms with Gasteiger partial charge in [-0.3, -0.25) is 9.36 Å². The minimum absolute atomic E-state index is 0.00137. The Morgan fingerprint density at radius 3 is 2.42 bits per heavy atom. The lowest BCUT2D eigenvalue weighted by Gasteiger charge is -2.33. The molecule has 0 atom stereocenters. The molecule has 5 heteroatoms. The van der Waals surface area contributed by atoms with E-state index in [1.54, 1.807) is 10.9 Å². The molecule has 0 bridgehead atoms. The van der Waals surface area contributed by atoms with Crippen molar-refractivity contribution < 1.29 is 0 Å². The normalized spacial score (nSPS) is 18.4. The Bertz CT molecular complexity index is 986. The van der Waals surface area contributed by atoms with Gasteiger partial charge in [0.1, 0.15) is 5.82 Å². The molecule has 5 rings (SSSR count). The fourth-order valence-electron chi connectivity index (χ4n) is 3.96. The van der Waals surface area contributed by atoms with Crippen molar-refractivity contribution in [3.05, 3.63) is 64.7 Å². The summed E-state index contributed by atoms with van der Waals surface area (Å²) in [5.74, 6) is 1.51. The SMILES string of the molecule is O=c1c2nc(N3CCC(c4ccccc4)CC3)ccc2ncn1C1CC1. The van der Waals surface area contributed by atoms with Crippen molar-refractivity contribution in [2.24, 2.45) is 0 Å². The van der Waals surface area contributed by atoms with Crippen LogP contribution >= 0.6 is 0 Å². The van der Waals surface area contributed by atoms with Gasteiger partial charge < -0.3 is 4.90 Å². The summed E-state index contributed by atoms with van der Waals surface area (Å²) in [5, 5.41) is 0. The number of benzene rings is 1. The van der Waals surface area contributed by atoms with Gasteiger partial charge in [0.05, 0.1) is 11.8 Å². The van der Waals surface area contributed by atoms with E-state index >= 15 is 0 Å². The topological polar surface area (TPSA) is 51.0 Å². The molecule has 3 aromatic rings. The molecule has 1 aromatic carbocycles. The van der Waals surface area contributed by atoms with Gasteiger partial charge in [-0.15, -0.1) is 0 Å². The molecule has 132 valence electrons. The number of piperidine rings is 1. The van der Waals surface area contributed by atoms with Crippen molar-refractivity contribution in [1.82, 2.24) is 14.5 Å². The summed E-state index contributed by atoms with van der Waals surface area (Å²) in [5.41, 5.74) is 2.62. The van der Waals surface area contributed by atoms with Crippen LogP contribution in [0.15, 0.2) is 53.6 Å². The van der Waals surface area contributed by atoms with E-state index in [-0.39, 0.29) is 5.56 Å². The van der Waals surface area contributed by atoms with Gasteiger partial charge in [-0.2, -0.15) is 0 Å². The van der Waals surface area contributed by atoms with Crippen LogP contribution in [0.2, 0.25) is 0 Å². The van der Waals surface area contributed by atoms with E-state index in [0.29, 0.717) is 23.0 Å². The van der Waals surface area contributed by atoms with Gasteiger partial charge in [-0.25, -0.2) is 9.97 Å². The predicted molar refractivity (Wildman–Crippen MR) is 103 cm³/mol. The van der Waals surface area contributed by atoms with Crippen molar-refractivity contribution in [2.45, 2.75) is 37.6 Å². The molecule has 1 aliphatic carbocycles. The molecular weight excluding hydrogens is 324 g/mol. The maximum Gasteiger partial charge on any atom is 0.280 e. The second kappa shape index (κ2) is 6.24. The Morgan fingerprint density at radius 2 is 1.69 bits per heavy atom. The lowest BCUT2D eigenvalue weighted by atomic mass is 9.89. The molecule has 2 aromatic heterocycles. The van der Waals surface area contributed by atoms with Gasteiger partial charge in [-0.1, -0.05) is 30.3 Å². The monoisotopic (exact) mass is 346 g/mol. The first-order valence-electron chi connectivity index (χ1n) is 9.47. The lowest BCUT2D eigenvalue weighted by molar-refractivity contribution is 0.503. The van der Waals surface area contributed by atoms with Gasteiger partial charge in [-0.05, 0) is 49.3 Å². The minimum Gasteiger partial charge on any atom is -0.357 e. The number of hydrogen-bond donors (Lipinski definition) is 0. The molecule has 26 heavy (non-hydrogen) atoms. The highest BCUT2D eigenvalue weighted by Gasteiger charge is 2.26. The van der Waals surface area contributed by atoms with Crippen LogP contribution < -0.4 is 10.5 Å². The number of aromatic nitrogens is 3. The summed E-state index contributed by atoms with van der Waals surface area (Å²) < 4.78 is 1.75. The second-order valence-corrected chi connectivity index (χ2v) is 7.40. The molecule has 2 aliphatic rings. The average Bonchev–Trinajstić information content (AvgIpc) is 3.54. The zero-order valence-electron chi connectivity index (χ0n) is 14.7. The second-order valence-electron chi connectivity index (χ2n) is 7.40. The molecule has 0 N–H and O–H groups in total. The number of hydrogen-bond acceptors (Lipinski definition) is 4. The van der Waals surface area contributed by atoms with Crippen molar-refractivity contribution in [1.29, 1.82) is 0 Å².